The first kappa shape index (κ1) is 18.1. The van der Waals surface area contributed by atoms with Gasteiger partial charge < -0.3 is 14.6 Å². The molecule has 0 amide bonds. The van der Waals surface area contributed by atoms with E-state index in [2.05, 4.69) is 0 Å². The molecule has 16 heavy (non-hydrogen) atoms. The van der Waals surface area contributed by atoms with E-state index in [1.807, 2.05) is 13.8 Å². The first-order valence-corrected chi connectivity index (χ1v) is 5.08. The molecule has 0 saturated heterocycles. The van der Waals surface area contributed by atoms with Gasteiger partial charge in [-0.05, 0) is 12.8 Å². The van der Waals surface area contributed by atoms with Crippen LogP contribution in [0.3, 0.4) is 0 Å². The minimum absolute atomic E-state index is 0. The summed E-state index contributed by atoms with van der Waals surface area (Å²) in [5, 5.41) is 8.73. The van der Waals surface area contributed by atoms with Crippen LogP contribution < -0.4 is 0 Å². The second-order valence-electron chi connectivity index (χ2n) is 3.11. The van der Waals surface area contributed by atoms with Crippen molar-refractivity contribution in [1.29, 1.82) is 0 Å². The van der Waals surface area contributed by atoms with Gasteiger partial charge in [-0.15, -0.1) is 0 Å². The standard InChI is InChI=1S/C10H18O5.Ti/c1-3-5-14-7-8(11)9(10(12)13)15-6-4-2;/h9H,3-7H2,1-2H3,(H,12,13);. The third-order valence-electron chi connectivity index (χ3n) is 1.60. The molecule has 0 spiro atoms. The summed E-state index contributed by atoms with van der Waals surface area (Å²) in [7, 11) is 0. The Bertz CT molecular complexity index is 207. The van der Waals surface area contributed by atoms with E-state index in [1.165, 1.54) is 0 Å². The minimum Gasteiger partial charge on any atom is -0.479 e. The number of rotatable bonds is 9. The van der Waals surface area contributed by atoms with Crippen LogP contribution in [0, 0.1) is 0 Å². The Morgan fingerprint density at radius 3 is 2.19 bits per heavy atom. The van der Waals surface area contributed by atoms with Crippen molar-refractivity contribution in [3.05, 3.63) is 0 Å². The fourth-order valence-electron chi connectivity index (χ4n) is 0.930. The van der Waals surface area contributed by atoms with Crippen molar-refractivity contribution in [2.45, 2.75) is 32.8 Å². The van der Waals surface area contributed by atoms with E-state index in [9.17, 15) is 9.59 Å². The van der Waals surface area contributed by atoms with E-state index in [0.29, 0.717) is 13.0 Å². The van der Waals surface area contributed by atoms with Gasteiger partial charge in [-0.25, -0.2) is 4.79 Å². The molecule has 0 fully saturated rings. The number of carboxylic acid groups (broad SMARTS) is 1. The van der Waals surface area contributed by atoms with Crippen molar-refractivity contribution in [2.75, 3.05) is 19.8 Å². The fraction of sp³-hybridized carbons (Fsp3) is 0.800. The van der Waals surface area contributed by atoms with Crippen molar-refractivity contribution in [2.24, 2.45) is 0 Å². The molecule has 0 aliphatic heterocycles. The molecule has 0 radical (unpaired) electrons. The van der Waals surface area contributed by atoms with Crippen molar-refractivity contribution >= 4 is 11.8 Å². The second kappa shape index (κ2) is 11.3. The molecule has 0 bridgehead atoms. The molecule has 0 aromatic carbocycles. The quantitative estimate of drug-likeness (QED) is 0.380. The Labute approximate surface area is 110 Å². The van der Waals surface area contributed by atoms with Crippen LogP contribution in [0.25, 0.3) is 0 Å². The van der Waals surface area contributed by atoms with Crippen LogP contribution >= 0.6 is 0 Å². The zero-order valence-electron chi connectivity index (χ0n) is 9.69. The molecule has 92 valence electrons. The molecule has 0 aromatic rings. The van der Waals surface area contributed by atoms with Gasteiger partial charge in [0.25, 0.3) is 0 Å². The third-order valence-corrected chi connectivity index (χ3v) is 1.60. The molecule has 0 rings (SSSR count). The molecular weight excluding hydrogens is 248 g/mol. The summed E-state index contributed by atoms with van der Waals surface area (Å²) in [6, 6.07) is 0. The number of Topliss-reactive ketones (excluding diaryl/α,β-unsaturated/α-hetero) is 1. The van der Waals surface area contributed by atoms with E-state index in [0.717, 1.165) is 6.42 Å². The van der Waals surface area contributed by atoms with E-state index < -0.39 is 17.9 Å². The summed E-state index contributed by atoms with van der Waals surface area (Å²) < 4.78 is 9.88. The molecule has 0 aliphatic rings. The van der Waals surface area contributed by atoms with Crippen molar-refractivity contribution in [1.82, 2.24) is 0 Å². The summed E-state index contributed by atoms with van der Waals surface area (Å²) in [6.07, 6.45) is 0.0788. The Kier molecular flexibility index (Phi) is 12.8. The van der Waals surface area contributed by atoms with Crippen LogP contribution in [-0.2, 0) is 40.8 Å². The van der Waals surface area contributed by atoms with Crippen LogP contribution in [0.15, 0.2) is 0 Å². The van der Waals surface area contributed by atoms with Crippen LogP contribution in [-0.4, -0.2) is 42.8 Å². The minimum atomic E-state index is -1.39. The van der Waals surface area contributed by atoms with Crippen molar-refractivity contribution in [3.8, 4) is 0 Å². The number of carbonyl (C=O) groups excluding carboxylic acids is 1. The number of hydrogen-bond donors (Lipinski definition) is 1. The molecule has 6 heteroatoms. The van der Waals surface area contributed by atoms with E-state index in [4.69, 9.17) is 14.6 Å². The molecular formula is C10H18O5Ti. The van der Waals surface area contributed by atoms with Gasteiger partial charge in [0, 0.05) is 34.9 Å². The van der Waals surface area contributed by atoms with E-state index in [1.54, 1.807) is 0 Å². The van der Waals surface area contributed by atoms with Gasteiger partial charge >= 0.3 is 5.97 Å². The van der Waals surface area contributed by atoms with Crippen molar-refractivity contribution < 1.29 is 45.9 Å². The number of aliphatic carboxylic acids is 1. The normalized spacial score (nSPS) is 11.6. The van der Waals surface area contributed by atoms with Gasteiger partial charge in [0.1, 0.15) is 6.61 Å². The molecule has 1 N–H and O–H groups in total. The average molecular weight is 266 g/mol. The van der Waals surface area contributed by atoms with E-state index in [-0.39, 0.29) is 34.9 Å². The number of ether oxygens (including phenoxy) is 2. The van der Waals surface area contributed by atoms with Gasteiger partial charge in [-0.1, -0.05) is 13.8 Å². The van der Waals surface area contributed by atoms with E-state index >= 15 is 0 Å². The summed E-state index contributed by atoms with van der Waals surface area (Å²) in [6.45, 7) is 4.26. The molecule has 0 heterocycles. The first-order valence-electron chi connectivity index (χ1n) is 5.08. The predicted octanol–water partition coefficient (Wildman–Crippen LogP) is 0.859. The maximum atomic E-state index is 11.3. The summed E-state index contributed by atoms with van der Waals surface area (Å²) in [5.74, 6) is -1.79. The second-order valence-corrected chi connectivity index (χ2v) is 3.11. The topological polar surface area (TPSA) is 72.8 Å². The Balaban J connectivity index is 0. The smallest absolute Gasteiger partial charge is 0.340 e. The molecule has 0 aliphatic carbocycles. The average Bonchev–Trinajstić information content (AvgIpc) is 2.18. The van der Waals surface area contributed by atoms with Gasteiger partial charge in [0.15, 0.2) is 5.78 Å². The van der Waals surface area contributed by atoms with Crippen LogP contribution in [0.2, 0.25) is 0 Å². The van der Waals surface area contributed by atoms with Gasteiger partial charge in [-0.3, -0.25) is 4.79 Å². The van der Waals surface area contributed by atoms with Crippen molar-refractivity contribution in [3.63, 3.8) is 0 Å². The van der Waals surface area contributed by atoms with Gasteiger partial charge in [-0.2, -0.15) is 0 Å². The fourth-order valence-corrected chi connectivity index (χ4v) is 0.930. The molecule has 0 saturated carbocycles. The Hall–Kier alpha value is -0.226. The number of ketones is 1. The molecule has 1 unspecified atom stereocenters. The van der Waals surface area contributed by atoms with Crippen LogP contribution in [0.4, 0.5) is 0 Å². The predicted molar refractivity (Wildman–Crippen MR) is 53.8 cm³/mol. The SMILES string of the molecule is CCCOCC(=O)C(OCCC)C(=O)O.[Ti]. The van der Waals surface area contributed by atoms with Gasteiger partial charge in [0.05, 0.1) is 0 Å². The Morgan fingerprint density at radius 2 is 1.75 bits per heavy atom. The zero-order chi connectivity index (χ0) is 11.7. The summed E-state index contributed by atoms with van der Waals surface area (Å²) >= 11 is 0. The Morgan fingerprint density at radius 1 is 1.19 bits per heavy atom. The number of carbonyl (C=O) groups is 2. The first-order chi connectivity index (χ1) is 7.13. The third kappa shape index (κ3) is 7.99. The van der Waals surface area contributed by atoms with Crippen LogP contribution in [0.1, 0.15) is 26.7 Å². The zero-order valence-corrected chi connectivity index (χ0v) is 11.3. The number of carboxylic acids is 1. The monoisotopic (exact) mass is 266 g/mol. The molecule has 0 aromatic heterocycles. The van der Waals surface area contributed by atoms with Crippen LogP contribution in [0.5, 0.6) is 0 Å². The molecule has 1 atom stereocenters. The summed E-state index contributed by atoms with van der Waals surface area (Å²) in [4.78, 5) is 22.0. The number of hydrogen-bond acceptors (Lipinski definition) is 4. The van der Waals surface area contributed by atoms with Gasteiger partial charge in [0.2, 0.25) is 6.10 Å². The summed E-state index contributed by atoms with van der Waals surface area (Å²) in [5.41, 5.74) is 0. The maximum Gasteiger partial charge on any atom is 0.340 e. The molecule has 5 nitrogen and oxygen atoms in total. The largest absolute Gasteiger partial charge is 0.479 e. The maximum absolute atomic E-state index is 11.3.